The van der Waals surface area contributed by atoms with Crippen molar-refractivity contribution >= 4 is 29.7 Å². The van der Waals surface area contributed by atoms with E-state index in [2.05, 4.69) is 17.1 Å². The quantitative estimate of drug-likeness (QED) is 0.800. The second-order valence-electron chi connectivity index (χ2n) is 6.07. The SMILES string of the molecule is Cl.NCCc1nc(C(=O)N2CCC(COCc3ccccc3)C2)cs1. The van der Waals surface area contributed by atoms with Crippen molar-refractivity contribution in [1.29, 1.82) is 0 Å². The van der Waals surface area contributed by atoms with Gasteiger partial charge in [0.1, 0.15) is 5.69 Å². The number of carbonyl (C=O) groups excluding carboxylic acids is 1. The monoisotopic (exact) mass is 381 g/mol. The lowest BCUT2D eigenvalue weighted by molar-refractivity contribution is 0.0729. The molecule has 1 saturated heterocycles. The summed E-state index contributed by atoms with van der Waals surface area (Å²) in [4.78, 5) is 18.8. The maximum atomic E-state index is 12.5. The average Bonchev–Trinajstić information content (AvgIpc) is 3.25. The Morgan fingerprint density at radius 3 is 2.92 bits per heavy atom. The van der Waals surface area contributed by atoms with Crippen molar-refractivity contribution in [2.24, 2.45) is 11.7 Å². The first-order valence-electron chi connectivity index (χ1n) is 8.31. The Bertz CT molecular complexity index is 665. The molecule has 1 aromatic carbocycles. The van der Waals surface area contributed by atoms with Crippen LogP contribution in [0.25, 0.3) is 0 Å². The molecule has 1 unspecified atom stereocenters. The number of hydrogen-bond donors (Lipinski definition) is 1. The number of carbonyl (C=O) groups is 1. The van der Waals surface area contributed by atoms with Gasteiger partial charge in [-0.25, -0.2) is 4.98 Å². The molecular formula is C18H24ClN3O2S. The molecule has 1 atom stereocenters. The molecule has 25 heavy (non-hydrogen) atoms. The Hall–Kier alpha value is -1.47. The number of aromatic nitrogens is 1. The van der Waals surface area contributed by atoms with Gasteiger partial charge in [-0.15, -0.1) is 23.7 Å². The lowest BCUT2D eigenvalue weighted by Crippen LogP contribution is -2.29. The smallest absolute Gasteiger partial charge is 0.273 e. The number of thiazole rings is 1. The summed E-state index contributed by atoms with van der Waals surface area (Å²) in [7, 11) is 0. The van der Waals surface area contributed by atoms with Crippen LogP contribution in [-0.2, 0) is 17.8 Å². The van der Waals surface area contributed by atoms with Gasteiger partial charge >= 0.3 is 0 Å². The minimum Gasteiger partial charge on any atom is -0.376 e. The van der Waals surface area contributed by atoms with Crippen LogP contribution in [-0.4, -0.2) is 42.0 Å². The number of benzene rings is 1. The van der Waals surface area contributed by atoms with Gasteiger partial charge in [-0.05, 0) is 18.5 Å². The van der Waals surface area contributed by atoms with Gasteiger partial charge in [0.15, 0.2) is 0 Å². The predicted molar refractivity (Wildman–Crippen MR) is 102 cm³/mol. The van der Waals surface area contributed by atoms with Crippen molar-refractivity contribution in [2.75, 3.05) is 26.2 Å². The van der Waals surface area contributed by atoms with Crippen LogP contribution in [0.5, 0.6) is 0 Å². The van der Waals surface area contributed by atoms with Crippen molar-refractivity contribution in [1.82, 2.24) is 9.88 Å². The van der Waals surface area contributed by atoms with Gasteiger partial charge in [0.2, 0.25) is 0 Å². The molecule has 0 spiro atoms. The number of nitrogens with two attached hydrogens (primary N) is 1. The Morgan fingerprint density at radius 2 is 2.16 bits per heavy atom. The molecule has 1 fully saturated rings. The van der Waals surface area contributed by atoms with E-state index >= 15 is 0 Å². The molecule has 0 radical (unpaired) electrons. The van der Waals surface area contributed by atoms with Crippen LogP contribution in [0.2, 0.25) is 0 Å². The highest BCUT2D eigenvalue weighted by atomic mass is 35.5. The van der Waals surface area contributed by atoms with E-state index < -0.39 is 0 Å². The zero-order valence-electron chi connectivity index (χ0n) is 14.1. The molecule has 0 aliphatic carbocycles. The van der Waals surface area contributed by atoms with Crippen LogP contribution >= 0.6 is 23.7 Å². The summed E-state index contributed by atoms with van der Waals surface area (Å²) in [6.45, 7) is 3.40. The van der Waals surface area contributed by atoms with E-state index in [-0.39, 0.29) is 18.3 Å². The van der Waals surface area contributed by atoms with Gasteiger partial charge in [-0.1, -0.05) is 30.3 Å². The molecule has 5 nitrogen and oxygen atoms in total. The summed E-state index contributed by atoms with van der Waals surface area (Å²) < 4.78 is 5.81. The van der Waals surface area contributed by atoms with Crippen LogP contribution in [0.4, 0.5) is 0 Å². The third-order valence-corrected chi connectivity index (χ3v) is 5.08. The van der Waals surface area contributed by atoms with Crippen LogP contribution in [0, 0.1) is 5.92 Å². The molecule has 3 rings (SSSR count). The lowest BCUT2D eigenvalue weighted by Gasteiger charge is -2.15. The molecule has 0 bridgehead atoms. The van der Waals surface area contributed by atoms with E-state index in [1.807, 2.05) is 28.5 Å². The zero-order valence-corrected chi connectivity index (χ0v) is 15.7. The van der Waals surface area contributed by atoms with Gasteiger partial charge in [0.05, 0.1) is 18.2 Å². The summed E-state index contributed by atoms with van der Waals surface area (Å²) in [5.41, 5.74) is 7.26. The minimum atomic E-state index is 0. The Balaban J connectivity index is 0.00000225. The Morgan fingerprint density at radius 1 is 1.36 bits per heavy atom. The number of ether oxygens (including phenoxy) is 1. The van der Waals surface area contributed by atoms with E-state index in [4.69, 9.17) is 10.5 Å². The molecule has 1 amide bonds. The first-order chi connectivity index (χ1) is 11.8. The second kappa shape index (κ2) is 9.87. The van der Waals surface area contributed by atoms with E-state index in [1.54, 1.807) is 0 Å². The van der Waals surface area contributed by atoms with Crippen molar-refractivity contribution in [3.8, 4) is 0 Å². The third-order valence-electron chi connectivity index (χ3n) is 4.17. The molecule has 1 aliphatic heterocycles. The maximum Gasteiger partial charge on any atom is 0.273 e. The lowest BCUT2D eigenvalue weighted by atomic mass is 10.1. The standard InChI is InChI=1S/C18H23N3O2S.ClH/c19-8-6-17-20-16(13-24-17)18(22)21-9-7-15(10-21)12-23-11-14-4-2-1-3-5-14;/h1-5,13,15H,6-12,19H2;1H. The first-order valence-corrected chi connectivity index (χ1v) is 9.19. The van der Waals surface area contributed by atoms with Crippen molar-refractivity contribution in [3.63, 3.8) is 0 Å². The summed E-state index contributed by atoms with van der Waals surface area (Å²) >= 11 is 1.51. The minimum absolute atomic E-state index is 0. The highest BCUT2D eigenvalue weighted by molar-refractivity contribution is 7.09. The van der Waals surface area contributed by atoms with Gasteiger partial charge in [0, 0.05) is 30.8 Å². The van der Waals surface area contributed by atoms with E-state index in [0.29, 0.717) is 31.4 Å². The fourth-order valence-corrected chi connectivity index (χ4v) is 3.67. The highest BCUT2D eigenvalue weighted by Gasteiger charge is 2.28. The van der Waals surface area contributed by atoms with Gasteiger partial charge in [0.25, 0.3) is 5.91 Å². The van der Waals surface area contributed by atoms with Crippen molar-refractivity contribution in [2.45, 2.75) is 19.4 Å². The normalized spacial score (nSPS) is 16.7. The van der Waals surface area contributed by atoms with Gasteiger partial charge in [-0.3, -0.25) is 4.79 Å². The summed E-state index contributed by atoms with van der Waals surface area (Å²) in [5, 5.41) is 2.77. The van der Waals surface area contributed by atoms with E-state index in [0.717, 1.165) is 30.9 Å². The van der Waals surface area contributed by atoms with Gasteiger partial charge < -0.3 is 15.4 Å². The van der Waals surface area contributed by atoms with E-state index in [1.165, 1.54) is 16.9 Å². The molecule has 1 aromatic heterocycles. The molecule has 2 heterocycles. The van der Waals surface area contributed by atoms with Gasteiger partial charge in [-0.2, -0.15) is 0 Å². The third kappa shape index (κ3) is 5.51. The largest absolute Gasteiger partial charge is 0.376 e. The number of halogens is 1. The summed E-state index contributed by atoms with van der Waals surface area (Å²) in [6, 6.07) is 10.2. The van der Waals surface area contributed by atoms with E-state index in [9.17, 15) is 4.79 Å². The number of likely N-dealkylation sites (tertiary alicyclic amines) is 1. The Kier molecular flexibility index (Phi) is 7.84. The zero-order chi connectivity index (χ0) is 16.8. The molecule has 0 saturated carbocycles. The number of rotatable bonds is 7. The number of nitrogens with zero attached hydrogens (tertiary/aromatic N) is 2. The molecule has 136 valence electrons. The number of amides is 1. The van der Waals surface area contributed by atoms with Crippen molar-refractivity contribution < 1.29 is 9.53 Å². The van der Waals surface area contributed by atoms with Crippen LogP contribution in [0.15, 0.2) is 35.7 Å². The summed E-state index contributed by atoms with van der Waals surface area (Å²) in [5.74, 6) is 0.430. The maximum absolute atomic E-state index is 12.5. The fraction of sp³-hybridized carbons (Fsp3) is 0.444. The van der Waals surface area contributed by atoms with Crippen LogP contribution in [0.1, 0.15) is 27.5 Å². The second-order valence-corrected chi connectivity index (χ2v) is 7.01. The highest BCUT2D eigenvalue weighted by Crippen LogP contribution is 2.20. The molecular weight excluding hydrogens is 358 g/mol. The molecule has 1 aliphatic rings. The predicted octanol–water partition coefficient (Wildman–Crippen LogP) is 2.75. The fourth-order valence-electron chi connectivity index (χ4n) is 2.88. The number of hydrogen-bond acceptors (Lipinski definition) is 5. The molecule has 2 N–H and O–H groups in total. The van der Waals surface area contributed by atoms with Crippen LogP contribution < -0.4 is 5.73 Å². The van der Waals surface area contributed by atoms with Crippen molar-refractivity contribution in [3.05, 3.63) is 52.0 Å². The molecule has 2 aromatic rings. The molecule has 7 heteroatoms. The Labute approximate surface area is 158 Å². The van der Waals surface area contributed by atoms with Crippen LogP contribution in [0.3, 0.4) is 0 Å². The average molecular weight is 382 g/mol. The first kappa shape index (κ1) is 19.8. The summed E-state index contributed by atoms with van der Waals surface area (Å²) in [6.07, 6.45) is 1.72. The topological polar surface area (TPSA) is 68.5 Å².